The number of amides is 1. The van der Waals surface area contributed by atoms with Crippen LogP contribution in [0.4, 0.5) is 17.6 Å². The quantitative estimate of drug-likeness (QED) is 0.355. The summed E-state index contributed by atoms with van der Waals surface area (Å²) < 4.78 is 63.9. The highest BCUT2D eigenvalue weighted by molar-refractivity contribution is 5.97. The standard InChI is InChI=1S/C25H27F4NO5/c1-14(2)35-22(24(32)33)19(16-8-10-18(34-4)11-9-16)13-30-23(31)15(3)12-17-6-5-7-20(21(17)26)25(27,28)29/h5-12,14,19,22H,13H2,1-4H3,(H,30,31)(H,32,33). The van der Waals surface area contributed by atoms with Gasteiger partial charge in [-0.1, -0.05) is 24.3 Å². The van der Waals surface area contributed by atoms with Crippen molar-refractivity contribution >= 4 is 18.0 Å². The van der Waals surface area contributed by atoms with E-state index >= 15 is 0 Å². The molecule has 0 bridgehead atoms. The molecule has 10 heteroatoms. The van der Waals surface area contributed by atoms with Gasteiger partial charge >= 0.3 is 12.1 Å². The van der Waals surface area contributed by atoms with Gasteiger partial charge in [0, 0.05) is 23.6 Å². The van der Waals surface area contributed by atoms with Crippen LogP contribution in [-0.4, -0.2) is 42.8 Å². The fourth-order valence-electron chi connectivity index (χ4n) is 3.39. The first kappa shape index (κ1) is 27.8. The zero-order valence-electron chi connectivity index (χ0n) is 19.7. The van der Waals surface area contributed by atoms with Gasteiger partial charge < -0.3 is 19.9 Å². The highest BCUT2D eigenvalue weighted by Crippen LogP contribution is 2.33. The zero-order valence-corrected chi connectivity index (χ0v) is 19.7. The van der Waals surface area contributed by atoms with Gasteiger partial charge in [0.15, 0.2) is 6.10 Å². The Balaban J connectivity index is 2.29. The Kier molecular flexibility index (Phi) is 9.41. The fraction of sp³-hybridized carbons (Fsp3) is 0.360. The number of benzene rings is 2. The number of carbonyl (C=O) groups is 2. The number of nitrogens with one attached hydrogen (secondary N) is 1. The van der Waals surface area contributed by atoms with E-state index in [-0.39, 0.29) is 12.1 Å². The molecular formula is C25H27F4NO5. The molecule has 0 aromatic heterocycles. The van der Waals surface area contributed by atoms with Crippen LogP contribution in [0.15, 0.2) is 48.0 Å². The summed E-state index contributed by atoms with van der Waals surface area (Å²) in [7, 11) is 1.48. The van der Waals surface area contributed by atoms with Crippen LogP contribution in [0.5, 0.6) is 5.75 Å². The highest BCUT2D eigenvalue weighted by atomic mass is 19.4. The number of rotatable bonds is 10. The molecule has 190 valence electrons. The Hall–Kier alpha value is -3.40. The van der Waals surface area contributed by atoms with Gasteiger partial charge in [-0.2, -0.15) is 13.2 Å². The molecule has 0 spiro atoms. The molecule has 0 heterocycles. The third kappa shape index (κ3) is 7.54. The number of methoxy groups -OCH3 is 1. The van der Waals surface area contributed by atoms with E-state index < -0.39 is 53.1 Å². The van der Waals surface area contributed by atoms with E-state index in [1.165, 1.54) is 14.0 Å². The normalized spacial score (nSPS) is 13.9. The maximum atomic E-state index is 14.3. The van der Waals surface area contributed by atoms with E-state index in [1.54, 1.807) is 38.1 Å². The SMILES string of the molecule is COc1ccc(C(CNC(=O)C(C)=Cc2cccc(C(F)(F)F)c2F)C(OC(C)C)C(=O)O)cc1. The maximum absolute atomic E-state index is 14.3. The monoisotopic (exact) mass is 497 g/mol. The van der Waals surface area contributed by atoms with Crippen molar-refractivity contribution in [3.8, 4) is 5.75 Å². The molecule has 2 aromatic carbocycles. The Morgan fingerprint density at radius 2 is 1.74 bits per heavy atom. The van der Waals surface area contributed by atoms with E-state index in [9.17, 15) is 32.3 Å². The third-order valence-corrected chi connectivity index (χ3v) is 5.12. The van der Waals surface area contributed by atoms with Crippen LogP contribution in [-0.2, 0) is 20.5 Å². The molecule has 0 aliphatic heterocycles. The van der Waals surface area contributed by atoms with Crippen molar-refractivity contribution in [2.24, 2.45) is 0 Å². The number of carbonyl (C=O) groups excluding carboxylic acids is 1. The first-order chi connectivity index (χ1) is 16.3. The number of halogens is 4. The van der Waals surface area contributed by atoms with Crippen molar-refractivity contribution in [1.82, 2.24) is 5.32 Å². The molecule has 0 aliphatic carbocycles. The minimum Gasteiger partial charge on any atom is -0.497 e. The summed E-state index contributed by atoms with van der Waals surface area (Å²) in [5, 5.41) is 12.3. The number of alkyl halides is 3. The third-order valence-electron chi connectivity index (χ3n) is 5.12. The molecule has 2 rings (SSSR count). The Labute approximate surface area is 200 Å². The van der Waals surface area contributed by atoms with Gasteiger partial charge in [-0.15, -0.1) is 0 Å². The summed E-state index contributed by atoms with van der Waals surface area (Å²) in [6.07, 6.45) is -5.59. The lowest BCUT2D eigenvalue weighted by atomic mass is 9.92. The molecule has 35 heavy (non-hydrogen) atoms. The molecule has 0 saturated heterocycles. The summed E-state index contributed by atoms with van der Waals surface area (Å²) in [4.78, 5) is 24.6. The number of ether oxygens (including phenoxy) is 2. The molecule has 2 N–H and O–H groups in total. The Bertz CT molecular complexity index is 1060. The van der Waals surface area contributed by atoms with Gasteiger partial charge in [-0.05, 0) is 50.6 Å². The van der Waals surface area contributed by atoms with Crippen molar-refractivity contribution in [3.05, 3.63) is 70.5 Å². The molecule has 0 saturated carbocycles. The van der Waals surface area contributed by atoms with Gasteiger partial charge in [0.05, 0.1) is 18.8 Å². The molecule has 1 amide bonds. The van der Waals surface area contributed by atoms with Crippen LogP contribution in [0.25, 0.3) is 6.08 Å². The first-order valence-electron chi connectivity index (χ1n) is 10.7. The lowest BCUT2D eigenvalue weighted by Crippen LogP contribution is -2.40. The van der Waals surface area contributed by atoms with Gasteiger partial charge in [0.2, 0.25) is 5.91 Å². The van der Waals surface area contributed by atoms with Gasteiger partial charge in [-0.3, -0.25) is 4.79 Å². The van der Waals surface area contributed by atoms with E-state index in [4.69, 9.17) is 9.47 Å². The molecule has 0 aliphatic rings. The Morgan fingerprint density at radius 3 is 2.26 bits per heavy atom. The summed E-state index contributed by atoms with van der Waals surface area (Å²) in [5.41, 5.74) is -1.34. The number of hydrogen-bond donors (Lipinski definition) is 2. The second kappa shape index (κ2) is 11.8. The lowest BCUT2D eigenvalue weighted by Gasteiger charge is -2.27. The van der Waals surface area contributed by atoms with Crippen LogP contribution in [0.2, 0.25) is 0 Å². The van der Waals surface area contributed by atoms with Crippen LogP contribution in [0.3, 0.4) is 0 Å². The minimum absolute atomic E-state index is 0.0617. The van der Waals surface area contributed by atoms with Gasteiger partial charge in [-0.25, -0.2) is 9.18 Å². The molecule has 6 nitrogen and oxygen atoms in total. The molecular weight excluding hydrogens is 470 g/mol. The van der Waals surface area contributed by atoms with Crippen molar-refractivity contribution in [1.29, 1.82) is 0 Å². The van der Waals surface area contributed by atoms with Crippen LogP contribution >= 0.6 is 0 Å². The number of hydrogen-bond acceptors (Lipinski definition) is 4. The summed E-state index contributed by atoms with van der Waals surface area (Å²) in [5.74, 6) is -3.67. The lowest BCUT2D eigenvalue weighted by molar-refractivity contribution is -0.155. The zero-order chi connectivity index (χ0) is 26.3. The number of aliphatic carboxylic acids is 1. The van der Waals surface area contributed by atoms with Crippen LogP contribution in [0, 0.1) is 5.82 Å². The summed E-state index contributed by atoms with van der Waals surface area (Å²) in [6, 6.07) is 9.36. The van der Waals surface area contributed by atoms with Crippen LogP contribution < -0.4 is 10.1 Å². The molecule has 2 unspecified atom stereocenters. The molecule has 0 fully saturated rings. The summed E-state index contributed by atoms with van der Waals surface area (Å²) >= 11 is 0. The molecule has 2 atom stereocenters. The smallest absolute Gasteiger partial charge is 0.419 e. The number of carboxylic acid groups (broad SMARTS) is 1. The van der Waals surface area contributed by atoms with Crippen LogP contribution in [0.1, 0.15) is 43.4 Å². The van der Waals surface area contributed by atoms with E-state index in [0.717, 1.165) is 18.2 Å². The predicted molar refractivity (Wildman–Crippen MR) is 121 cm³/mol. The first-order valence-corrected chi connectivity index (χ1v) is 10.7. The second-order valence-electron chi connectivity index (χ2n) is 8.07. The largest absolute Gasteiger partial charge is 0.497 e. The average Bonchev–Trinajstić information content (AvgIpc) is 2.78. The van der Waals surface area contributed by atoms with Crippen molar-refractivity contribution in [2.45, 2.75) is 45.1 Å². The molecule has 0 radical (unpaired) electrons. The van der Waals surface area contributed by atoms with Crippen molar-refractivity contribution in [3.63, 3.8) is 0 Å². The Morgan fingerprint density at radius 1 is 1.11 bits per heavy atom. The minimum atomic E-state index is -4.88. The van der Waals surface area contributed by atoms with Gasteiger partial charge in [0.25, 0.3) is 0 Å². The van der Waals surface area contributed by atoms with Gasteiger partial charge in [0.1, 0.15) is 11.6 Å². The van der Waals surface area contributed by atoms with E-state index in [2.05, 4.69) is 5.32 Å². The predicted octanol–water partition coefficient (Wildman–Crippen LogP) is 5.03. The van der Waals surface area contributed by atoms with E-state index in [1.807, 2.05) is 0 Å². The maximum Gasteiger partial charge on any atom is 0.419 e. The molecule has 2 aromatic rings. The second-order valence-corrected chi connectivity index (χ2v) is 8.07. The fourth-order valence-corrected chi connectivity index (χ4v) is 3.39. The average molecular weight is 497 g/mol. The highest BCUT2D eigenvalue weighted by Gasteiger charge is 2.35. The topological polar surface area (TPSA) is 84.9 Å². The van der Waals surface area contributed by atoms with Crippen molar-refractivity contribution < 1.29 is 41.7 Å². The van der Waals surface area contributed by atoms with Crippen molar-refractivity contribution in [2.75, 3.05) is 13.7 Å². The summed E-state index contributed by atoms with van der Waals surface area (Å²) in [6.45, 7) is 4.51. The van der Waals surface area contributed by atoms with E-state index in [0.29, 0.717) is 17.4 Å². The number of carboxylic acids is 1.